The number of ether oxygens (including phenoxy) is 5. The molecule has 0 radical (unpaired) electrons. The van der Waals surface area contributed by atoms with Crippen molar-refractivity contribution in [1.82, 2.24) is 9.55 Å². The van der Waals surface area contributed by atoms with Gasteiger partial charge in [-0.25, -0.2) is 4.79 Å². The first-order valence-corrected chi connectivity index (χ1v) is 13.7. The maximum absolute atomic E-state index is 12.7. The van der Waals surface area contributed by atoms with E-state index in [0.717, 1.165) is 16.7 Å². The fraction of sp³-hybridized carbons (Fsp3) is 0.312. The number of aliphatic hydroxyl groups is 1. The largest absolute Gasteiger partial charge is 0.497 e. The average molecular weight is 573 g/mol. The van der Waals surface area contributed by atoms with Crippen LogP contribution in [0.3, 0.4) is 0 Å². The molecule has 3 heterocycles. The summed E-state index contributed by atoms with van der Waals surface area (Å²) in [5, 5.41) is 11.5. The minimum Gasteiger partial charge on any atom is -0.497 e. The lowest BCUT2D eigenvalue weighted by Gasteiger charge is -2.44. The molecule has 2 N–H and O–H groups in total. The SMILES string of the molecule is COc1ccc(C(OC[C@H]2O[C@@H](n3ccc(=O)[nH]c3=O)[C@]3(CCO3)[C@@H]2O)(c2ccccc2)c2ccc(OC)cc2)cc1. The Labute approximate surface area is 242 Å². The van der Waals surface area contributed by atoms with E-state index in [-0.39, 0.29) is 6.61 Å². The summed E-state index contributed by atoms with van der Waals surface area (Å²) in [7, 11) is 3.22. The van der Waals surface area contributed by atoms with Gasteiger partial charge in [-0.3, -0.25) is 14.3 Å². The van der Waals surface area contributed by atoms with Gasteiger partial charge < -0.3 is 28.8 Å². The van der Waals surface area contributed by atoms with Gasteiger partial charge >= 0.3 is 5.69 Å². The summed E-state index contributed by atoms with van der Waals surface area (Å²) in [5.74, 6) is 1.39. The molecule has 0 bridgehead atoms. The Balaban J connectivity index is 1.42. The van der Waals surface area contributed by atoms with Crippen LogP contribution >= 0.6 is 0 Å². The van der Waals surface area contributed by atoms with E-state index in [1.165, 1.54) is 16.8 Å². The molecule has 2 saturated heterocycles. The molecule has 0 amide bonds. The van der Waals surface area contributed by atoms with Crippen LogP contribution in [0, 0.1) is 0 Å². The maximum atomic E-state index is 12.7. The fourth-order valence-electron chi connectivity index (χ4n) is 5.91. The van der Waals surface area contributed by atoms with Crippen molar-refractivity contribution in [3.63, 3.8) is 0 Å². The number of nitrogens with zero attached hydrogens (tertiary/aromatic N) is 1. The molecule has 2 aliphatic rings. The Kier molecular flexibility index (Phi) is 7.46. The van der Waals surface area contributed by atoms with E-state index >= 15 is 0 Å². The summed E-state index contributed by atoms with van der Waals surface area (Å²) in [6.07, 6.45) is -1.08. The quantitative estimate of drug-likeness (QED) is 0.294. The molecule has 2 fully saturated rings. The third-order valence-corrected chi connectivity index (χ3v) is 8.18. The number of benzene rings is 3. The van der Waals surface area contributed by atoms with Crippen LogP contribution in [-0.4, -0.2) is 59.9 Å². The highest BCUT2D eigenvalue weighted by atomic mass is 16.6. The minimum atomic E-state index is -1.15. The van der Waals surface area contributed by atoms with Crippen molar-refractivity contribution in [3.8, 4) is 11.5 Å². The van der Waals surface area contributed by atoms with Crippen molar-refractivity contribution in [1.29, 1.82) is 0 Å². The van der Waals surface area contributed by atoms with Crippen LogP contribution in [0.2, 0.25) is 0 Å². The van der Waals surface area contributed by atoms with Gasteiger partial charge in [0.25, 0.3) is 5.56 Å². The number of hydrogen-bond donors (Lipinski definition) is 2. The monoisotopic (exact) mass is 572 g/mol. The lowest BCUT2D eigenvalue weighted by molar-refractivity contribution is -0.227. The summed E-state index contributed by atoms with van der Waals surface area (Å²) in [4.78, 5) is 26.6. The van der Waals surface area contributed by atoms with Crippen LogP contribution in [-0.2, 0) is 19.8 Å². The van der Waals surface area contributed by atoms with E-state index in [2.05, 4.69) is 4.98 Å². The second kappa shape index (κ2) is 11.2. The summed E-state index contributed by atoms with van der Waals surface area (Å²) in [5.41, 5.74) is -0.924. The zero-order valence-electron chi connectivity index (χ0n) is 23.3. The number of methoxy groups -OCH3 is 2. The Hall–Kier alpha value is -4.22. The standard InChI is InChI=1S/C32H32N2O8/c1-38-24-12-8-22(9-13-24)32(21-6-4-3-5-7-21,23-10-14-25(39-2)15-11-23)41-20-26-28(36)31(17-19-40-31)29(42-26)34-18-16-27(35)33-30(34)37/h3-16,18,26,28-29,36H,17,19-20H2,1-2H3,(H,33,35,37)/t26-,28-,29-,31+/m1/s1. The van der Waals surface area contributed by atoms with E-state index in [1.54, 1.807) is 14.2 Å². The molecule has 3 aromatic carbocycles. The molecule has 1 spiro atoms. The van der Waals surface area contributed by atoms with Crippen molar-refractivity contribution in [3.05, 3.63) is 129 Å². The number of rotatable bonds is 9. The topological polar surface area (TPSA) is 121 Å². The van der Waals surface area contributed by atoms with Gasteiger partial charge in [0, 0.05) is 18.7 Å². The molecule has 0 aliphatic carbocycles. The Bertz CT molecular complexity index is 1580. The van der Waals surface area contributed by atoms with Gasteiger partial charge in [-0.15, -0.1) is 0 Å². The number of H-pyrrole nitrogens is 1. The number of hydrogen-bond acceptors (Lipinski definition) is 8. The fourth-order valence-corrected chi connectivity index (χ4v) is 5.91. The van der Waals surface area contributed by atoms with Crippen molar-refractivity contribution in [2.45, 2.75) is 36.1 Å². The first-order chi connectivity index (χ1) is 20.4. The third-order valence-electron chi connectivity index (χ3n) is 8.18. The van der Waals surface area contributed by atoms with Crippen LogP contribution in [0.25, 0.3) is 0 Å². The zero-order valence-corrected chi connectivity index (χ0v) is 23.3. The number of aromatic nitrogens is 2. The van der Waals surface area contributed by atoms with Gasteiger partial charge in [0.05, 0.1) is 27.4 Å². The second-order valence-corrected chi connectivity index (χ2v) is 10.4. The molecule has 0 unspecified atom stereocenters. The van der Waals surface area contributed by atoms with E-state index in [1.807, 2.05) is 78.9 Å². The number of nitrogens with one attached hydrogen (secondary N) is 1. The van der Waals surface area contributed by atoms with Gasteiger partial charge in [-0.1, -0.05) is 54.6 Å². The van der Waals surface area contributed by atoms with Crippen LogP contribution in [0.5, 0.6) is 11.5 Å². The molecule has 6 rings (SSSR count). The van der Waals surface area contributed by atoms with E-state index in [0.29, 0.717) is 24.5 Å². The molecule has 4 atom stereocenters. The van der Waals surface area contributed by atoms with Crippen LogP contribution in [0.1, 0.15) is 29.3 Å². The summed E-state index contributed by atoms with van der Waals surface area (Å²) >= 11 is 0. The molecule has 218 valence electrons. The molecule has 2 aliphatic heterocycles. The lowest BCUT2D eigenvalue weighted by atomic mass is 9.79. The first-order valence-electron chi connectivity index (χ1n) is 13.7. The van der Waals surface area contributed by atoms with Crippen molar-refractivity contribution < 1.29 is 28.8 Å². The molecule has 0 saturated carbocycles. The molecular weight excluding hydrogens is 540 g/mol. The zero-order chi connectivity index (χ0) is 29.3. The average Bonchev–Trinajstić information content (AvgIpc) is 3.30. The number of aliphatic hydroxyl groups excluding tert-OH is 1. The predicted octanol–water partition coefficient (Wildman–Crippen LogP) is 2.98. The first kappa shape index (κ1) is 27.9. The molecule has 42 heavy (non-hydrogen) atoms. The third kappa shape index (κ3) is 4.62. The Morgan fingerprint density at radius 2 is 1.48 bits per heavy atom. The summed E-state index contributed by atoms with van der Waals surface area (Å²) < 4.78 is 31.2. The normalized spacial score (nSPS) is 23.5. The number of aromatic amines is 1. The summed E-state index contributed by atoms with van der Waals surface area (Å²) in [6, 6.07) is 26.3. The Morgan fingerprint density at radius 3 is 1.98 bits per heavy atom. The van der Waals surface area contributed by atoms with Gasteiger partial charge in [0.1, 0.15) is 34.9 Å². The Morgan fingerprint density at radius 1 is 0.905 bits per heavy atom. The van der Waals surface area contributed by atoms with Gasteiger partial charge in [0.2, 0.25) is 0 Å². The molecule has 10 heteroatoms. The highest BCUT2D eigenvalue weighted by molar-refractivity contribution is 5.49. The van der Waals surface area contributed by atoms with Crippen molar-refractivity contribution >= 4 is 0 Å². The van der Waals surface area contributed by atoms with Crippen molar-refractivity contribution in [2.75, 3.05) is 27.4 Å². The van der Waals surface area contributed by atoms with Crippen molar-refractivity contribution in [2.24, 2.45) is 0 Å². The van der Waals surface area contributed by atoms with E-state index < -0.39 is 40.9 Å². The molecule has 1 aromatic heterocycles. The second-order valence-electron chi connectivity index (χ2n) is 10.4. The van der Waals surface area contributed by atoms with Gasteiger partial charge in [-0.2, -0.15) is 0 Å². The van der Waals surface area contributed by atoms with E-state index in [9.17, 15) is 14.7 Å². The highest BCUT2D eigenvalue weighted by Crippen LogP contribution is 2.49. The van der Waals surface area contributed by atoms with Crippen LogP contribution in [0.4, 0.5) is 0 Å². The minimum absolute atomic E-state index is 0.0478. The highest BCUT2D eigenvalue weighted by Gasteiger charge is 2.62. The maximum Gasteiger partial charge on any atom is 0.330 e. The van der Waals surface area contributed by atoms with Crippen LogP contribution in [0.15, 0.2) is 101 Å². The predicted molar refractivity (Wildman–Crippen MR) is 153 cm³/mol. The van der Waals surface area contributed by atoms with Gasteiger partial charge in [0.15, 0.2) is 6.23 Å². The van der Waals surface area contributed by atoms with E-state index in [4.69, 9.17) is 23.7 Å². The molecular formula is C32H32N2O8. The van der Waals surface area contributed by atoms with Crippen LogP contribution < -0.4 is 20.7 Å². The molecule has 4 aromatic rings. The molecule has 10 nitrogen and oxygen atoms in total. The smallest absolute Gasteiger partial charge is 0.330 e. The lowest BCUT2D eigenvalue weighted by Crippen LogP contribution is -2.58. The summed E-state index contributed by atoms with van der Waals surface area (Å²) in [6.45, 7) is 0.363. The van der Waals surface area contributed by atoms with Gasteiger partial charge in [-0.05, 0) is 41.0 Å².